The Kier molecular flexibility index (Phi) is 3.30. The van der Waals surface area contributed by atoms with Crippen LogP contribution in [0, 0.1) is 11.6 Å². The zero-order valence-corrected chi connectivity index (χ0v) is 10.5. The SMILES string of the molecule is Fc1cccc(CNC2CCc3ccccc32)c1F. The summed E-state index contributed by atoms with van der Waals surface area (Å²) in [7, 11) is 0. The van der Waals surface area contributed by atoms with Crippen molar-refractivity contribution in [3.05, 3.63) is 70.8 Å². The summed E-state index contributed by atoms with van der Waals surface area (Å²) in [5, 5.41) is 3.32. The number of aryl methyl sites for hydroxylation is 1. The second-order valence-electron chi connectivity index (χ2n) is 4.88. The molecule has 1 unspecified atom stereocenters. The number of fused-ring (bicyclic) bond motifs is 1. The zero-order valence-electron chi connectivity index (χ0n) is 10.5. The number of rotatable bonds is 3. The van der Waals surface area contributed by atoms with Crippen LogP contribution in [0.3, 0.4) is 0 Å². The van der Waals surface area contributed by atoms with Crippen molar-refractivity contribution < 1.29 is 8.78 Å². The van der Waals surface area contributed by atoms with Crippen LogP contribution in [-0.4, -0.2) is 0 Å². The summed E-state index contributed by atoms with van der Waals surface area (Å²) >= 11 is 0. The maximum absolute atomic E-state index is 13.6. The van der Waals surface area contributed by atoms with Crippen molar-refractivity contribution in [2.24, 2.45) is 0 Å². The highest BCUT2D eigenvalue weighted by molar-refractivity contribution is 5.34. The van der Waals surface area contributed by atoms with Crippen LogP contribution in [0.4, 0.5) is 8.78 Å². The first-order valence-corrected chi connectivity index (χ1v) is 6.50. The summed E-state index contributed by atoms with van der Waals surface area (Å²) in [6.07, 6.45) is 2.05. The molecule has 0 aromatic heterocycles. The molecule has 0 radical (unpaired) electrons. The lowest BCUT2D eigenvalue weighted by atomic mass is 10.1. The van der Waals surface area contributed by atoms with E-state index < -0.39 is 11.6 Å². The summed E-state index contributed by atoms with van der Waals surface area (Å²) in [5.74, 6) is -1.53. The fourth-order valence-electron chi connectivity index (χ4n) is 2.69. The Bertz CT molecular complexity index is 595. The Morgan fingerprint density at radius 1 is 1.05 bits per heavy atom. The molecule has 0 spiro atoms. The molecular weight excluding hydrogens is 244 g/mol. The Morgan fingerprint density at radius 2 is 1.89 bits per heavy atom. The lowest BCUT2D eigenvalue weighted by molar-refractivity contribution is 0.476. The minimum Gasteiger partial charge on any atom is -0.306 e. The maximum Gasteiger partial charge on any atom is 0.163 e. The molecule has 0 amide bonds. The highest BCUT2D eigenvalue weighted by Crippen LogP contribution is 2.31. The van der Waals surface area contributed by atoms with Crippen molar-refractivity contribution in [2.45, 2.75) is 25.4 Å². The van der Waals surface area contributed by atoms with Crippen molar-refractivity contribution in [1.82, 2.24) is 5.32 Å². The van der Waals surface area contributed by atoms with Gasteiger partial charge in [-0.2, -0.15) is 0 Å². The van der Waals surface area contributed by atoms with Gasteiger partial charge < -0.3 is 5.32 Å². The molecule has 1 aliphatic rings. The van der Waals surface area contributed by atoms with E-state index >= 15 is 0 Å². The second kappa shape index (κ2) is 5.10. The summed E-state index contributed by atoms with van der Waals surface area (Å²) in [4.78, 5) is 0. The molecule has 0 saturated carbocycles. The van der Waals surface area contributed by atoms with Crippen LogP contribution < -0.4 is 5.32 Å². The van der Waals surface area contributed by atoms with Crippen LogP contribution in [0.25, 0.3) is 0 Å². The van der Waals surface area contributed by atoms with Crippen LogP contribution in [-0.2, 0) is 13.0 Å². The van der Waals surface area contributed by atoms with Crippen molar-refractivity contribution in [2.75, 3.05) is 0 Å². The van der Waals surface area contributed by atoms with Gasteiger partial charge in [-0.15, -0.1) is 0 Å². The minimum absolute atomic E-state index is 0.235. The van der Waals surface area contributed by atoms with Crippen LogP contribution in [0.15, 0.2) is 42.5 Å². The van der Waals surface area contributed by atoms with Gasteiger partial charge in [0.25, 0.3) is 0 Å². The molecule has 0 saturated heterocycles. The fraction of sp³-hybridized carbons (Fsp3) is 0.250. The van der Waals surface area contributed by atoms with Gasteiger partial charge in [-0.1, -0.05) is 36.4 Å². The van der Waals surface area contributed by atoms with Gasteiger partial charge in [-0.05, 0) is 30.0 Å². The van der Waals surface area contributed by atoms with Gasteiger partial charge in [-0.3, -0.25) is 0 Å². The van der Waals surface area contributed by atoms with Gasteiger partial charge >= 0.3 is 0 Å². The van der Waals surface area contributed by atoms with Gasteiger partial charge in [-0.25, -0.2) is 8.78 Å². The molecular formula is C16H15F2N. The van der Waals surface area contributed by atoms with Crippen molar-refractivity contribution in [3.8, 4) is 0 Å². The molecule has 2 aromatic carbocycles. The number of halogens is 2. The molecule has 1 nitrogen and oxygen atoms in total. The van der Waals surface area contributed by atoms with E-state index in [2.05, 4.69) is 17.4 Å². The second-order valence-corrected chi connectivity index (χ2v) is 4.88. The first-order valence-electron chi connectivity index (χ1n) is 6.50. The average molecular weight is 259 g/mol. The monoisotopic (exact) mass is 259 g/mol. The molecule has 1 atom stereocenters. The quantitative estimate of drug-likeness (QED) is 0.885. The summed E-state index contributed by atoms with van der Waals surface area (Å²) in [6, 6.07) is 12.8. The van der Waals surface area contributed by atoms with Gasteiger partial charge in [0.05, 0.1) is 0 Å². The van der Waals surface area contributed by atoms with Crippen molar-refractivity contribution in [1.29, 1.82) is 0 Å². The molecule has 0 heterocycles. The van der Waals surface area contributed by atoms with E-state index in [1.54, 1.807) is 6.07 Å². The normalized spacial score (nSPS) is 17.5. The van der Waals surface area contributed by atoms with Gasteiger partial charge in [0, 0.05) is 18.2 Å². The number of hydrogen-bond donors (Lipinski definition) is 1. The molecule has 19 heavy (non-hydrogen) atoms. The molecule has 98 valence electrons. The third-order valence-corrected chi connectivity index (χ3v) is 3.70. The molecule has 0 fully saturated rings. The smallest absolute Gasteiger partial charge is 0.163 e. The molecule has 1 N–H and O–H groups in total. The predicted octanol–water partition coefficient (Wildman–Crippen LogP) is 3.74. The number of hydrogen-bond acceptors (Lipinski definition) is 1. The summed E-state index contributed by atoms with van der Waals surface area (Å²) < 4.78 is 26.7. The topological polar surface area (TPSA) is 12.0 Å². The first-order chi connectivity index (χ1) is 9.25. The molecule has 0 bridgehead atoms. The van der Waals surface area contributed by atoms with Gasteiger partial charge in [0.2, 0.25) is 0 Å². The predicted molar refractivity (Wildman–Crippen MR) is 70.7 cm³/mol. The first kappa shape index (κ1) is 12.3. The van der Waals surface area contributed by atoms with E-state index in [-0.39, 0.29) is 6.04 Å². The summed E-state index contributed by atoms with van der Waals surface area (Å²) in [5.41, 5.74) is 3.00. The third kappa shape index (κ3) is 2.38. The molecule has 0 aliphatic heterocycles. The molecule has 3 heteroatoms. The number of benzene rings is 2. The largest absolute Gasteiger partial charge is 0.306 e. The minimum atomic E-state index is -0.786. The highest BCUT2D eigenvalue weighted by Gasteiger charge is 2.21. The number of nitrogens with one attached hydrogen (secondary N) is 1. The van der Waals surface area contributed by atoms with Crippen LogP contribution >= 0.6 is 0 Å². The van der Waals surface area contributed by atoms with E-state index in [1.165, 1.54) is 17.2 Å². The van der Waals surface area contributed by atoms with E-state index in [0.29, 0.717) is 12.1 Å². The standard InChI is InChI=1S/C16H15F2N/c17-14-7-3-5-12(16(14)18)10-19-15-9-8-11-4-1-2-6-13(11)15/h1-7,15,19H,8-10H2. The Morgan fingerprint density at radius 3 is 2.79 bits per heavy atom. The van der Waals surface area contributed by atoms with Gasteiger partial charge in [0.1, 0.15) is 0 Å². The lowest BCUT2D eigenvalue weighted by Crippen LogP contribution is -2.19. The van der Waals surface area contributed by atoms with Crippen LogP contribution in [0.1, 0.15) is 29.2 Å². The van der Waals surface area contributed by atoms with Crippen LogP contribution in [0.5, 0.6) is 0 Å². The molecule has 1 aliphatic carbocycles. The molecule has 3 rings (SSSR count). The lowest BCUT2D eigenvalue weighted by Gasteiger charge is -2.14. The van der Waals surface area contributed by atoms with E-state index in [1.807, 2.05) is 12.1 Å². The Labute approximate surface area is 111 Å². The fourth-order valence-corrected chi connectivity index (χ4v) is 2.69. The van der Waals surface area contributed by atoms with E-state index in [4.69, 9.17) is 0 Å². The van der Waals surface area contributed by atoms with E-state index in [9.17, 15) is 8.78 Å². The Hall–Kier alpha value is -1.74. The van der Waals surface area contributed by atoms with E-state index in [0.717, 1.165) is 18.9 Å². The summed E-state index contributed by atoms with van der Waals surface area (Å²) in [6.45, 7) is 0.350. The van der Waals surface area contributed by atoms with Crippen molar-refractivity contribution >= 4 is 0 Å². The Balaban J connectivity index is 1.73. The molecule has 2 aromatic rings. The zero-order chi connectivity index (χ0) is 13.2. The van der Waals surface area contributed by atoms with Gasteiger partial charge in [0.15, 0.2) is 11.6 Å². The maximum atomic E-state index is 13.6. The van der Waals surface area contributed by atoms with Crippen LogP contribution in [0.2, 0.25) is 0 Å². The third-order valence-electron chi connectivity index (χ3n) is 3.70. The van der Waals surface area contributed by atoms with Crippen molar-refractivity contribution in [3.63, 3.8) is 0 Å². The average Bonchev–Trinajstić information content (AvgIpc) is 2.84. The highest BCUT2D eigenvalue weighted by atomic mass is 19.2.